The first kappa shape index (κ1) is 23.1. The summed E-state index contributed by atoms with van der Waals surface area (Å²) in [7, 11) is 0. The molecule has 10 heteroatoms. The number of aliphatic hydroxyl groups is 1. The summed E-state index contributed by atoms with van der Waals surface area (Å²) >= 11 is 0. The van der Waals surface area contributed by atoms with Crippen LogP contribution in [0.3, 0.4) is 0 Å². The van der Waals surface area contributed by atoms with E-state index in [4.69, 9.17) is 10.8 Å². The van der Waals surface area contributed by atoms with E-state index in [2.05, 4.69) is 16.0 Å². The molecule has 0 aliphatic heterocycles. The predicted octanol–water partition coefficient (Wildman–Crippen LogP) is -1.87. The van der Waals surface area contributed by atoms with Crippen LogP contribution in [-0.4, -0.2) is 64.7 Å². The number of rotatable bonds is 10. The molecule has 28 heavy (non-hydrogen) atoms. The highest BCUT2D eigenvalue weighted by Gasteiger charge is 2.29. The number of carbonyl (C=O) groups is 4. The summed E-state index contributed by atoms with van der Waals surface area (Å²) in [6, 6.07) is 5.35. The maximum absolute atomic E-state index is 12.5. The van der Waals surface area contributed by atoms with Gasteiger partial charge in [0.1, 0.15) is 6.04 Å². The van der Waals surface area contributed by atoms with Gasteiger partial charge in [0.15, 0.2) is 6.04 Å². The molecular formula is C18H26N4O6. The molecule has 0 bridgehead atoms. The lowest BCUT2D eigenvalue weighted by atomic mass is 10.0. The molecule has 0 aliphatic rings. The third-order valence-corrected chi connectivity index (χ3v) is 3.82. The van der Waals surface area contributed by atoms with Gasteiger partial charge in [-0.2, -0.15) is 0 Å². The van der Waals surface area contributed by atoms with Crippen molar-refractivity contribution in [3.05, 3.63) is 35.9 Å². The minimum Gasteiger partial charge on any atom is -0.480 e. The monoisotopic (exact) mass is 394 g/mol. The van der Waals surface area contributed by atoms with Gasteiger partial charge in [-0.1, -0.05) is 30.3 Å². The quantitative estimate of drug-likeness (QED) is 0.270. The third kappa shape index (κ3) is 7.72. The van der Waals surface area contributed by atoms with Gasteiger partial charge in [0.25, 0.3) is 0 Å². The van der Waals surface area contributed by atoms with Gasteiger partial charge in [-0.05, 0) is 19.4 Å². The van der Waals surface area contributed by atoms with Crippen LogP contribution in [0.1, 0.15) is 19.4 Å². The zero-order valence-corrected chi connectivity index (χ0v) is 15.7. The number of carbonyl (C=O) groups excluding carboxylic acids is 3. The topological polar surface area (TPSA) is 171 Å². The fourth-order valence-electron chi connectivity index (χ4n) is 2.28. The summed E-state index contributed by atoms with van der Waals surface area (Å²) in [6.07, 6.45) is -1.24. The highest BCUT2D eigenvalue weighted by molar-refractivity contribution is 5.92. The SMILES string of the molecule is C[C@H](N)C(=O)NCC(=O)N[C@@H](Cc1ccccc1)C(=O)N[C@H](C(=O)O)[C@@H](C)O. The zero-order valence-electron chi connectivity index (χ0n) is 15.7. The first-order valence-corrected chi connectivity index (χ1v) is 8.69. The molecule has 0 saturated heterocycles. The second-order valence-corrected chi connectivity index (χ2v) is 6.38. The second kappa shape index (κ2) is 11.0. The number of benzene rings is 1. The molecule has 0 spiro atoms. The Bertz CT molecular complexity index is 693. The van der Waals surface area contributed by atoms with Gasteiger partial charge in [0.05, 0.1) is 18.7 Å². The molecule has 4 atom stereocenters. The van der Waals surface area contributed by atoms with Gasteiger partial charge < -0.3 is 31.9 Å². The van der Waals surface area contributed by atoms with Gasteiger partial charge in [-0.3, -0.25) is 14.4 Å². The molecule has 0 aliphatic carbocycles. The zero-order chi connectivity index (χ0) is 21.3. The van der Waals surface area contributed by atoms with Gasteiger partial charge in [-0.15, -0.1) is 0 Å². The summed E-state index contributed by atoms with van der Waals surface area (Å²) in [6.45, 7) is 2.30. The van der Waals surface area contributed by atoms with Crippen LogP contribution in [-0.2, 0) is 25.6 Å². The van der Waals surface area contributed by atoms with Crippen LogP contribution in [0.15, 0.2) is 30.3 Å². The van der Waals surface area contributed by atoms with Crippen molar-refractivity contribution in [2.45, 2.75) is 44.5 Å². The van der Waals surface area contributed by atoms with Crippen molar-refractivity contribution >= 4 is 23.7 Å². The molecule has 3 amide bonds. The summed E-state index contributed by atoms with van der Waals surface area (Å²) < 4.78 is 0. The summed E-state index contributed by atoms with van der Waals surface area (Å²) in [5.74, 6) is -3.35. The molecule has 0 aromatic heterocycles. The van der Waals surface area contributed by atoms with Crippen molar-refractivity contribution in [1.82, 2.24) is 16.0 Å². The van der Waals surface area contributed by atoms with Crippen LogP contribution < -0.4 is 21.7 Å². The third-order valence-electron chi connectivity index (χ3n) is 3.82. The molecule has 0 heterocycles. The lowest BCUT2D eigenvalue weighted by Gasteiger charge is -2.23. The summed E-state index contributed by atoms with van der Waals surface area (Å²) in [5, 5.41) is 25.7. The van der Waals surface area contributed by atoms with Crippen LogP contribution in [0.5, 0.6) is 0 Å². The van der Waals surface area contributed by atoms with Crippen molar-refractivity contribution in [3.8, 4) is 0 Å². The molecule has 154 valence electrons. The van der Waals surface area contributed by atoms with E-state index >= 15 is 0 Å². The van der Waals surface area contributed by atoms with E-state index in [0.717, 1.165) is 5.56 Å². The molecule has 7 N–H and O–H groups in total. The average molecular weight is 394 g/mol. The van der Waals surface area contributed by atoms with Crippen LogP contribution >= 0.6 is 0 Å². The minimum atomic E-state index is -1.53. The molecule has 0 fully saturated rings. The molecule has 0 saturated carbocycles. The molecule has 1 aromatic rings. The van der Waals surface area contributed by atoms with Crippen LogP contribution in [0, 0.1) is 0 Å². The van der Waals surface area contributed by atoms with E-state index in [1.807, 2.05) is 0 Å². The lowest BCUT2D eigenvalue weighted by molar-refractivity contribution is -0.145. The molecule has 10 nitrogen and oxygen atoms in total. The predicted molar refractivity (Wildman–Crippen MR) is 100.0 cm³/mol. The van der Waals surface area contributed by atoms with Crippen LogP contribution in [0.2, 0.25) is 0 Å². The van der Waals surface area contributed by atoms with Crippen LogP contribution in [0.25, 0.3) is 0 Å². The van der Waals surface area contributed by atoms with E-state index in [-0.39, 0.29) is 6.42 Å². The molecular weight excluding hydrogens is 368 g/mol. The number of hydrogen-bond acceptors (Lipinski definition) is 6. The fraction of sp³-hybridized carbons (Fsp3) is 0.444. The molecule has 0 radical (unpaired) electrons. The normalized spacial score (nSPS) is 14.9. The van der Waals surface area contributed by atoms with Gasteiger partial charge in [0.2, 0.25) is 17.7 Å². The highest BCUT2D eigenvalue weighted by Crippen LogP contribution is 2.05. The summed E-state index contributed by atoms with van der Waals surface area (Å²) in [4.78, 5) is 47.3. The Kier molecular flexibility index (Phi) is 9.06. The Morgan fingerprint density at radius 3 is 2.14 bits per heavy atom. The molecule has 1 rings (SSSR count). The Labute approximate surface area is 162 Å². The minimum absolute atomic E-state index is 0.0891. The number of aliphatic hydroxyl groups excluding tert-OH is 1. The van der Waals surface area contributed by atoms with Crippen LogP contribution in [0.4, 0.5) is 0 Å². The van der Waals surface area contributed by atoms with E-state index in [1.54, 1.807) is 30.3 Å². The number of aliphatic carboxylic acids is 1. The van der Waals surface area contributed by atoms with Gasteiger partial charge in [0, 0.05) is 6.42 Å². The van der Waals surface area contributed by atoms with Crippen molar-refractivity contribution in [2.24, 2.45) is 5.73 Å². The fourth-order valence-corrected chi connectivity index (χ4v) is 2.28. The number of nitrogens with two attached hydrogens (primary N) is 1. The van der Waals surface area contributed by atoms with Crippen molar-refractivity contribution in [1.29, 1.82) is 0 Å². The second-order valence-electron chi connectivity index (χ2n) is 6.38. The number of nitrogens with one attached hydrogen (secondary N) is 3. The number of amides is 3. The van der Waals surface area contributed by atoms with Gasteiger partial charge >= 0.3 is 5.97 Å². The Balaban J connectivity index is 2.86. The molecule has 1 aromatic carbocycles. The summed E-state index contributed by atoms with van der Waals surface area (Å²) in [5.41, 5.74) is 6.13. The highest BCUT2D eigenvalue weighted by atomic mass is 16.4. The Hall–Kier alpha value is -2.98. The van der Waals surface area contributed by atoms with Crippen molar-refractivity contribution < 1.29 is 29.4 Å². The standard InChI is InChI=1S/C18H26N4O6/c1-10(19)16(25)20-9-14(24)21-13(8-12-6-4-3-5-7-12)17(26)22-15(11(2)23)18(27)28/h3-7,10-11,13,15,23H,8-9,19H2,1-2H3,(H,20,25)(H,21,24)(H,22,26)(H,27,28)/t10-,11+,13-,15-/m0/s1. The first-order chi connectivity index (χ1) is 13.1. The van der Waals surface area contributed by atoms with Crippen molar-refractivity contribution in [2.75, 3.05) is 6.54 Å². The van der Waals surface area contributed by atoms with Gasteiger partial charge in [-0.25, -0.2) is 4.79 Å². The Morgan fingerprint density at radius 1 is 1.04 bits per heavy atom. The number of carboxylic acid groups (broad SMARTS) is 1. The van der Waals surface area contributed by atoms with E-state index in [0.29, 0.717) is 0 Å². The number of carboxylic acids is 1. The maximum Gasteiger partial charge on any atom is 0.328 e. The maximum atomic E-state index is 12.5. The van der Waals surface area contributed by atoms with E-state index in [1.165, 1.54) is 13.8 Å². The smallest absolute Gasteiger partial charge is 0.328 e. The van der Waals surface area contributed by atoms with Crippen molar-refractivity contribution in [3.63, 3.8) is 0 Å². The molecule has 0 unspecified atom stereocenters. The van der Waals surface area contributed by atoms with E-state index < -0.39 is 54.5 Å². The average Bonchev–Trinajstić information content (AvgIpc) is 2.63. The number of hydrogen-bond donors (Lipinski definition) is 6. The largest absolute Gasteiger partial charge is 0.480 e. The first-order valence-electron chi connectivity index (χ1n) is 8.69. The Morgan fingerprint density at radius 2 is 1.64 bits per heavy atom. The van der Waals surface area contributed by atoms with E-state index in [9.17, 15) is 24.3 Å². The lowest BCUT2D eigenvalue weighted by Crippen LogP contribution is -2.56.